The first-order chi connectivity index (χ1) is 10.8. The molecule has 1 aliphatic heterocycles. The van der Waals surface area contributed by atoms with Crippen LogP contribution in [0.5, 0.6) is 0 Å². The van der Waals surface area contributed by atoms with Crippen LogP contribution >= 0.6 is 0 Å². The second kappa shape index (κ2) is 7.55. The lowest BCUT2D eigenvalue weighted by molar-refractivity contribution is 0.0519. The van der Waals surface area contributed by atoms with E-state index in [9.17, 15) is 9.59 Å². The third-order valence-corrected chi connectivity index (χ3v) is 3.62. The molecule has 1 aromatic heterocycles. The van der Waals surface area contributed by atoms with Crippen LogP contribution < -0.4 is 5.32 Å². The zero-order chi connectivity index (χ0) is 16.9. The number of pyridine rings is 1. The maximum Gasteiger partial charge on any atom is 0.407 e. The normalized spacial score (nSPS) is 18.7. The van der Waals surface area contributed by atoms with Crippen LogP contribution in [-0.4, -0.2) is 53.5 Å². The van der Waals surface area contributed by atoms with Crippen molar-refractivity contribution in [2.75, 3.05) is 26.2 Å². The molecule has 2 rings (SSSR count). The molecule has 1 aromatic rings. The molecule has 1 fully saturated rings. The van der Waals surface area contributed by atoms with Gasteiger partial charge in [-0.2, -0.15) is 0 Å². The zero-order valence-electron chi connectivity index (χ0n) is 14.0. The molecular weight excluding hydrogens is 294 g/mol. The SMILES string of the molecule is CC(C)(C)OC(=O)NC[C@@H]1CCN(CC(=O)c2ccccn2)C1. The van der Waals surface area contributed by atoms with E-state index in [4.69, 9.17) is 4.74 Å². The minimum atomic E-state index is -0.485. The number of hydrogen-bond acceptors (Lipinski definition) is 5. The topological polar surface area (TPSA) is 71.5 Å². The standard InChI is InChI=1S/C17H25N3O3/c1-17(2,3)23-16(22)19-10-13-7-9-20(11-13)12-15(21)14-6-4-5-8-18-14/h4-6,8,13H,7,9-12H2,1-3H3,(H,19,22)/t13-/m0/s1. The van der Waals surface area contributed by atoms with E-state index in [0.717, 1.165) is 19.5 Å². The lowest BCUT2D eigenvalue weighted by Gasteiger charge is -2.20. The Bertz CT molecular complexity index is 540. The van der Waals surface area contributed by atoms with Gasteiger partial charge in [0.1, 0.15) is 11.3 Å². The minimum absolute atomic E-state index is 0.0337. The van der Waals surface area contributed by atoms with Crippen molar-refractivity contribution in [3.63, 3.8) is 0 Å². The maximum absolute atomic E-state index is 12.1. The van der Waals surface area contributed by atoms with Crippen LogP contribution in [-0.2, 0) is 4.74 Å². The van der Waals surface area contributed by atoms with Crippen LogP contribution in [0.3, 0.4) is 0 Å². The summed E-state index contributed by atoms with van der Waals surface area (Å²) in [6.45, 7) is 8.13. The van der Waals surface area contributed by atoms with Gasteiger partial charge in [0.2, 0.25) is 0 Å². The molecule has 1 aliphatic rings. The summed E-state index contributed by atoms with van der Waals surface area (Å²) in [6, 6.07) is 5.35. The number of rotatable bonds is 5. The van der Waals surface area contributed by atoms with Gasteiger partial charge in [0, 0.05) is 19.3 Å². The molecule has 0 aromatic carbocycles. The summed E-state index contributed by atoms with van der Waals surface area (Å²) in [5.41, 5.74) is 0.0174. The van der Waals surface area contributed by atoms with Gasteiger partial charge in [-0.05, 0) is 51.8 Å². The first-order valence-electron chi connectivity index (χ1n) is 7.97. The third kappa shape index (κ3) is 5.98. The van der Waals surface area contributed by atoms with Crippen molar-refractivity contribution in [1.82, 2.24) is 15.2 Å². The van der Waals surface area contributed by atoms with Crippen molar-refractivity contribution in [3.05, 3.63) is 30.1 Å². The molecule has 6 nitrogen and oxygen atoms in total. The first-order valence-corrected chi connectivity index (χ1v) is 7.97. The van der Waals surface area contributed by atoms with Gasteiger partial charge >= 0.3 is 6.09 Å². The molecule has 1 saturated heterocycles. The molecule has 6 heteroatoms. The van der Waals surface area contributed by atoms with Gasteiger partial charge in [-0.3, -0.25) is 14.7 Å². The van der Waals surface area contributed by atoms with E-state index in [1.807, 2.05) is 26.8 Å². The van der Waals surface area contributed by atoms with E-state index in [0.29, 0.717) is 24.7 Å². The van der Waals surface area contributed by atoms with Crippen molar-refractivity contribution in [2.45, 2.75) is 32.8 Å². The van der Waals surface area contributed by atoms with Gasteiger partial charge in [0.15, 0.2) is 5.78 Å². The van der Waals surface area contributed by atoms with Crippen LogP contribution in [0.2, 0.25) is 0 Å². The second-order valence-corrected chi connectivity index (χ2v) is 6.91. The van der Waals surface area contributed by atoms with E-state index in [1.54, 1.807) is 18.3 Å². The van der Waals surface area contributed by atoms with Crippen molar-refractivity contribution in [2.24, 2.45) is 5.92 Å². The number of Topliss-reactive ketones (excluding diaryl/α,β-unsaturated/α-hetero) is 1. The Labute approximate surface area is 137 Å². The van der Waals surface area contributed by atoms with Crippen molar-refractivity contribution in [1.29, 1.82) is 0 Å². The summed E-state index contributed by atoms with van der Waals surface area (Å²) in [5.74, 6) is 0.380. The molecule has 1 N–H and O–H groups in total. The number of nitrogens with one attached hydrogen (secondary N) is 1. The van der Waals surface area contributed by atoms with E-state index >= 15 is 0 Å². The number of aromatic nitrogens is 1. The van der Waals surface area contributed by atoms with Gasteiger partial charge in [-0.1, -0.05) is 6.07 Å². The van der Waals surface area contributed by atoms with Gasteiger partial charge in [-0.25, -0.2) is 4.79 Å². The predicted molar refractivity (Wildman–Crippen MR) is 87.4 cm³/mol. The van der Waals surface area contributed by atoms with Crippen molar-refractivity contribution < 1.29 is 14.3 Å². The Morgan fingerprint density at radius 2 is 2.17 bits per heavy atom. The quantitative estimate of drug-likeness (QED) is 0.842. The van der Waals surface area contributed by atoms with Crippen LogP contribution in [0.25, 0.3) is 0 Å². The lowest BCUT2D eigenvalue weighted by Crippen LogP contribution is -2.36. The smallest absolute Gasteiger partial charge is 0.407 e. The highest BCUT2D eigenvalue weighted by Crippen LogP contribution is 2.16. The number of alkyl carbamates (subject to hydrolysis) is 1. The van der Waals surface area contributed by atoms with Crippen molar-refractivity contribution in [3.8, 4) is 0 Å². The lowest BCUT2D eigenvalue weighted by atomic mass is 10.1. The highest BCUT2D eigenvalue weighted by Gasteiger charge is 2.25. The maximum atomic E-state index is 12.1. The largest absolute Gasteiger partial charge is 0.444 e. The molecule has 0 bridgehead atoms. The summed E-state index contributed by atoms with van der Waals surface area (Å²) in [5, 5.41) is 2.80. The number of ketones is 1. The Balaban J connectivity index is 1.72. The Hall–Kier alpha value is -1.95. The van der Waals surface area contributed by atoms with Crippen LogP contribution in [0.1, 0.15) is 37.7 Å². The highest BCUT2D eigenvalue weighted by molar-refractivity contribution is 5.95. The Morgan fingerprint density at radius 1 is 1.39 bits per heavy atom. The Morgan fingerprint density at radius 3 is 2.83 bits per heavy atom. The number of hydrogen-bond donors (Lipinski definition) is 1. The molecule has 0 spiro atoms. The molecule has 2 heterocycles. The minimum Gasteiger partial charge on any atom is -0.444 e. The monoisotopic (exact) mass is 319 g/mol. The summed E-state index contributed by atoms with van der Waals surface area (Å²) in [6.07, 6.45) is 2.20. The number of nitrogens with zero attached hydrogens (tertiary/aromatic N) is 2. The van der Waals surface area contributed by atoms with Crippen LogP contribution in [0.15, 0.2) is 24.4 Å². The van der Waals surface area contributed by atoms with Crippen LogP contribution in [0.4, 0.5) is 4.79 Å². The number of amides is 1. The molecule has 1 atom stereocenters. The summed E-state index contributed by atoms with van der Waals surface area (Å²) < 4.78 is 5.22. The van der Waals surface area contributed by atoms with Gasteiger partial charge in [0.25, 0.3) is 0 Å². The summed E-state index contributed by atoms with van der Waals surface area (Å²) in [4.78, 5) is 30.0. The van der Waals surface area contributed by atoms with Crippen molar-refractivity contribution >= 4 is 11.9 Å². The molecule has 0 radical (unpaired) electrons. The molecule has 0 saturated carbocycles. The average Bonchev–Trinajstić information content (AvgIpc) is 2.92. The number of carbonyl (C=O) groups excluding carboxylic acids is 2. The zero-order valence-corrected chi connectivity index (χ0v) is 14.0. The second-order valence-electron chi connectivity index (χ2n) is 6.91. The molecule has 0 unspecified atom stereocenters. The average molecular weight is 319 g/mol. The molecule has 126 valence electrons. The Kier molecular flexibility index (Phi) is 5.71. The van der Waals surface area contributed by atoms with Crippen LogP contribution in [0, 0.1) is 5.92 Å². The fourth-order valence-electron chi connectivity index (χ4n) is 2.58. The summed E-state index contributed by atoms with van der Waals surface area (Å²) in [7, 11) is 0. The summed E-state index contributed by atoms with van der Waals surface area (Å²) >= 11 is 0. The number of ether oxygens (including phenoxy) is 1. The molecule has 1 amide bonds. The molecular formula is C17H25N3O3. The number of carbonyl (C=O) groups is 2. The van der Waals surface area contributed by atoms with Gasteiger partial charge in [0.05, 0.1) is 6.54 Å². The van der Waals surface area contributed by atoms with E-state index < -0.39 is 5.60 Å². The number of likely N-dealkylation sites (tertiary alicyclic amines) is 1. The fraction of sp³-hybridized carbons (Fsp3) is 0.588. The van der Waals surface area contributed by atoms with Gasteiger partial charge < -0.3 is 10.1 Å². The van der Waals surface area contributed by atoms with E-state index in [1.165, 1.54) is 0 Å². The highest BCUT2D eigenvalue weighted by atomic mass is 16.6. The predicted octanol–water partition coefficient (Wildman–Crippen LogP) is 2.11. The third-order valence-electron chi connectivity index (χ3n) is 3.62. The molecule has 23 heavy (non-hydrogen) atoms. The first kappa shape index (κ1) is 17.4. The fourth-order valence-corrected chi connectivity index (χ4v) is 2.58. The van der Waals surface area contributed by atoms with E-state index in [2.05, 4.69) is 15.2 Å². The molecule has 0 aliphatic carbocycles. The van der Waals surface area contributed by atoms with Gasteiger partial charge in [-0.15, -0.1) is 0 Å². The van der Waals surface area contributed by atoms with E-state index in [-0.39, 0.29) is 11.9 Å².